The van der Waals surface area contributed by atoms with Gasteiger partial charge < -0.3 is 9.15 Å². The van der Waals surface area contributed by atoms with Gasteiger partial charge in [-0.3, -0.25) is 4.79 Å². The lowest BCUT2D eigenvalue weighted by Crippen LogP contribution is -2.08. The third kappa shape index (κ3) is 3.28. The summed E-state index contributed by atoms with van der Waals surface area (Å²) in [7, 11) is 0. The monoisotopic (exact) mass is 384 g/mol. The molecule has 3 unspecified atom stereocenters. The van der Waals surface area contributed by atoms with Crippen LogP contribution in [-0.4, -0.2) is 12.6 Å². The quantitative estimate of drug-likeness (QED) is 0.265. The molecule has 29 heavy (non-hydrogen) atoms. The number of nitriles is 1. The van der Waals surface area contributed by atoms with Gasteiger partial charge in [0.15, 0.2) is 0 Å². The maximum Gasteiger partial charge on any atom is 0.342 e. The Balaban J connectivity index is 1.84. The zero-order chi connectivity index (χ0) is 20.5. The summed E-state index contributed by atoms with van der Waals surface area (Å²) in [5.74, 6) is 6.11. The van der Waals surface area contributed by atoms with Gasteiger partial charge in [0.2, 0.25) is 0 Å². The third-order valence-electron chi connectivity index (χ3n) is 5.37. The normalized spacial score (nSPS) is 21.9. The maximum atomic E-state index is 12.4. The number of rotatable bonds is 3. The number of fused-ring (bicyclic) bond motifs is 4. The Morgan fingerprint density at radius 3 is 3.03 bits per heavy atom. The molecule has 0 N–H and O–H groups in total. The van der Waals surface area contributed by atoms with Crippen LogP contribution in [0.1, 0.15) is 42.4 Å². The second kappa shape index (κ2) is 7.30. The van der Waals surface area contributed by atoms with Crippen molar-refractivity contribution in [3.63, 3.8) is 0 Å². The van der Waals surface area contributed by atoms with Crippen LogP contribution in [-0.2, 0) is 9.53 Å². The molecule has 2 aliphatic carbocycles. The summed E-state index contributed by atoms with van der Waals surface area (Å²) in [6, 6.07) is 6.97. The highest BCUT2D eigenvalue weighted by atomic mass is 16.5. The van der Waals surface area contributed by atoms with Crippen LogP contribution in [0.3, 0.4) is 0 Å². The van der Waals surface area contributed by atoms with Crippen molar-refractivity contribution in [3.8, 4) is 17.9 Å². The first-order valence-electron chi connectivity index (χ1n) is 9.34. The highest BCUT2D eigenvalue weighted by Crippen LogP contribution is 2.58. The van der Waals surface area contributed by atoms with Gasteiger partial charge >= 0.3 is 11.6 Å². The van der Waals surface area contributed by atoms with Crippen molar-refractivity contribution in [2.75, 3.05) is 6.61 Å². The van der Waals surface area contributed by atoms with Crippen molar-refractivity contribution < 1.29 is 13.9 Å². The molecule has 1 aromatic heterocycles. The predicted octanol–water partition coefficient (Wildman–Crippen LogP) is 3.61. The number of hydrogen-bond acceptors (Lipinski definition) is 5. The second-order valence-electron chi connectivity index (χ2n) is 7.03. The van der Waals surface area contributed by atoms with Crippen molar-refractivity contribution in [1.29, 1.82) is 5.26 Å². The molecule has 3 atom stereocenters. The van der Waals surface area contributed by atoms with E-state index in [2.05, 4.69) is 16.7 Å². The third-order valence-corrected chi connectivity index (χ3v) is 5.37. The molecule has 142 valence electrons. The molecule has 0 amide bonds. The molecule has 6 nitrogen and oxygen atoms in total. The zero-order valence-electron chi connectivity index (χ0n) is 15.7. The van der Waals surface area contributed by atoms with Gasteiger partial charge in [-0.2, -0.15) is 0 Å². The molecule has 0 radical (unpaired) electrons. The second-order valence-corrected chi connectivity index (χ2v) is 7.03. The first-order valence-corrected chi connectivity index (χ1v) is 9.34. The van der Waals surface area contributed by atoms with Gasteiger partial charge in [0.25, 0.3) is 5.70 Å². The Hall–Kier alpha value is -3.82. The first kappa shape index (κ1) is 18.5. The van der Waals surface area contributed by atoms with Gasteiger partial charge in [0.1, 0.15) is 5.58 Å². The van der Waals surface area contributed by atoms with E-state index in [1.165, 1.54) is 6.08 Å². The number of esters is 1. The molecule has 0 bridgehead atoms. The molecular weight excluding hydrogens is 368 g/mol. The Morgan fingerprint density at radius 1 is 1.48 bits per heavy atom. The summed E-state index contributed by atoms with van der Waals surface area (Å²) in [6.07, 6.45) is 2.76. The molecule has 2 aliphatic rings. The van der Waals surface area contributed by atoms with E-state index in [-0.39, 0.29) is 35.0 Å². The van der Waals surface area contributed by atoms with E-state index in [0.29, 0.717) is 24.0 Å². The zero-order valence-corrected chi connectivity index (χ0v) is 15.7. The fraction of sp³-hybridized carbons (Fsp3) is 0.304. The van der Waals surface area contributed by atoms with Gasteiger partial charge in [-0.1, -0.05) is 11.8 Å². The molecule has 4 rings (SSSR count). The minimum Gasteiger partial charge on any atom is -0.466 e. The maximum absolute atomic E-state index is 12.4. The van der Waals surface area contributed by atoms with Crippen LogP contribution in [0.2, 0.25) is 0 Å². The van der Waals surface area contributed by atoms with E-state index in [9.17, 15) is 9.59 Å². The van der Waals surface area contributed by atoms with Crippen molar-refractivity contribution in [2.24, 2.45) is 11.8 Å². The topological polar surface area (TPSA) is 84.7 Å². The van der Waals surface area contributed by atoms with Crippen LogP contribution < -0.4 is 5.63 Å². The fourth-order valence-corrected chi connectivity index (χ4v) is 4.04. The van der Waals surface area contributed by atoms with Crippen LogP contribution in [0.15, 0.2) is 33.1 Å². The number of allylic oxidation sites excluding steroid dienone is 1. The smallest absolute Gasteiger partial charge is 0.342 e. The number of ether oxygens (including phenoxy) is 1. The minimum atomic E-state index is -0.624. The van der Waals surface area contributed by atoms with Crippen molar-refractivity contribution in [1.82, 2.24) is 0 Å². The number of nitrogens with zero attached hydrogens (tertiary/aromatic N) is 2. The van der Waals surface area contributed by atoms with E-state index in [1.807, 2.05) is 6.07 Å². The van der Waals surface area contributed by atoms with E-state index >= 15 is 0 Å². The Bertz CT molecular complexity index is 1240. The van der Waals surface area contributed by atoms with Gasteiger partial charge in [-0.15, -0.1) is 0 Å². The molecule has 0 saturated heterocycles. The van der Waals surface area contributed by atoms with Crippen molar-refractivity contribution in [2.45, 2.75) is 25.7 Å². The van der Waals surface area contributed by atoms with Gasteiger partial charge in [0, 0.05) is 23.3 Å². The molecule has 1 saturated carbocycles. The average Bonchev–Trinajstić information content (AvgIpc) is 3.41. The molecule has 1 fully saturated rings. The predicted molar refractivity (Wildman–Crippen MR) is 105 cm³/mol. The van der Waals surface area contributed by atoms with Crippen LogP contribution in [0.25, 0.3) is 21.9 Å². The molecule has 1 heterocycles. The number of benzene rings is 1. The molecule has 0 spiro atoms. The van der Waals surface area contributed by atoms with E-state index in [1.54, 1.807) is 25.1 Å². The lowest BCUT2D eigenvalue weighted by molar-refractivity contribution is -0.145. The van der Waals surface area contributed by atoms with Gasteiger partial charge in [-0.05, 0) is 49.1 Å². The lowest BCUT2D eigenvalue weighted by Gasteiger charge is -2.09. The Kier molecular flexibility index (Phi) is 4.67. The number of hydrogen-bond donors (Lipinski definition) is 0. The largest absolute Gasteiger partial charge is 0.466 e. The first-order chi connectivity index (χ1) is 14.1. The van der Waals surface area contributed by atoms with Gasteiger partial charge in [-0.25, -0.2) is 14.9 Å². The SMILES string of the molecule is [C-]#[N+]/C(C#N)=C/c1cc2cc3c(cc2oc1=O)C#CCCC1C(C(=O)OCC)C31. The molecular formula is C23H16N2O4. The molecule has 0 aliphatic heterocycles. The van der Waals surface area contributed by atoms with E-state index < -0.39 is 5.63 Å². The molecule has 1 aromatic carbocycles. The standard InChI is InChI=1S/C23H16N2O4/c1-3-28-23(27)21-17-7-5-4-6-13-11-19-14(10-18(13)20(17)21)8-15(22(26)29-19)9-16(12-24)25-2/h8-11,17,20-21H,3,5,7H2,1H3/b16-9+. The van der Waals surface area contributed by atoms with Crippen molar-refractivity contribution in [3.05, 3.63) is 62.4 Å². The Morgan fingerprint density at radius 2 is 2.31 bits per heavy atom. The van der Waals surface area contributed by atoms with Crippen LogP contribution in [0, 0.1) is 41.6 Å². The highest BCUT2D eigenvalue weighted by Gasteiger charge is 2.56. The number of carbonyl (C=O) groups excluding carboxylic acids is 1. The summed E-state index contributed by atoms with van der Waals surface area (Å²) >= 11 is 0. The summed E-state index contributed by atoms with van der Waals surface area (Å²) in [5.41, 5.74) is 1.40. The minimum absolute atomic E-state index is 0.0341. The summed E-state index contributed by atoms with van der Waals surface area (Å²) < 4.78 is 10.6. The van der Waals surface area contributed by atoms with E-state index in [0.717, 1.165) is 17.5 Å². The molecule has 6 heteroatoms. The molecule has 2 aromatic rings. The van der Waals surface area contributed by atoms with E-state index in [4.69, 9.17) is 21.0 Å². The Labute approximate surface area is 167 Å². The number of carbonyl (C=O) groups is 1. The highest BCUT2D eigenvalue weighted by molar-refractivity contribution is 5.84. The van der Waals surface area contributed by atoms with Crippen LogP contribution in [0.4, 0.5) is 0 Å². The van der Waals surface area contributed by atoms with Crippen LogP contribution >= 0.6 is 0 Å². The summed E-state index contributed by atoms with van der Waals surface area (Å²) in [5, 5.41) is 9.61. The summed E-state index contributed by atoms with van der Waals surface area (Å²) in [6.45, 7) is 9.12. The fourth-order valence-electron chi connectivity index (χ4n) is 4.04. The summed E-state index contributed by atoms with van der Waals surface area (Å²) in [4.78, 5) is 27.7. The van der Waals surface area contributed by atoms with Gasteiger partial charge in [0.05, 0.1) is 30.7 Å². The lowest BCUT2D eigenvalue weighted by atomic mass is 9.96. The average molecular weight is 384 g/mol. The van der Waals surface area contributed by atoms with Crippen molar-refractivity contribution >= 4 is 23.0 Å². The van der Waals surface area contributed by atoms with Crippen LogP contribution in [0.5, 0.6) is 0 Å².